The van der Waals surface area contributed by atoms with Crippen molar-refractivity contribution in [2.24, 2.45) is 0 Å². The van der Waals surface area contributed by atoms with Crippen LogP contribution in [0.15, 0.2) is 30.9 Å². The molecule has 0 radical (unpaired) electrons. The Morgan fingerprint density at radius 3 is 2.79 bits per heavy atom. The lowest BCUT2D eigenvalue weighted by molar-refractivity contribution is 0.218. The van der Waals surface area contributed by atoms with Gasteiger partial charge < -0.3 is 9.84 Å². The van der Waals surface area contributed by atoms with Gasteiger partial charge in [0.25, 0.3) is 0 Å². The minimum absolute atomic E-state index is 0.648. The van der Waals surface area contributed by atoms with Crippen molar-refractivity contribution in [1.82, 2.24) is 14.8 Å². The standard InChI is InChI=1S/C14H19N3O2/c1-3-5-19-13-6-11(7-15-9-13)14(18)12-8-16-17(4-2)10-12/h6-10,14,18H,3-5H2,1-2H3. The average Bonchev–Trinajstić information content (AvgIpc) is 2.93. The zero-order valence-corrected chi connectivity index (χ0v) is 11.3. The van der Waals surface area contributed by atoms with Gasteiger partial charge in [-0.05, 0) is 19.4 Å². The molecule has 0 spiro atoms. The highest BCUT2D eigenvalue weighted by Crippen LogP contribution is 2.23. The summed E-state index contributed by atoms with van der Waals surface area (Å²) in [6, 6.07) is 1.82. The van der Waals surface area contributed by atoms with Gasteiger partial charge in [-0.3, -0.25) is 9.67 Å². The maximum atomic E-state index is 10.3. The number of aromatic nitrogens is 3. The van der Waals surface area contributed by atoms with E-state index in [1.54, 1.807) is 23.3 Å². The van der Waals surface area contributed by atoms with E-state index < -0.39 is 6.10 Å². The predicted octanol–water partition coefficient (Wildman–Crippen LogP) is 2.17. The molecular formula is C14H19N3O2. The lowest BCUT2D eigenvalue weighted by Crippen LogP contribution is -2.02. The van der Waals surface area contributed by atoms with E-state index in [2.05, 4.69) is 10.1 Å². The summed E-state index contributed by atoms with van der Waals surface area (Å²) in [5.74, 6) is 0.682. The molecule has 1 unspecified atom stereocenters. The fourth-order valence-electron chi connectivity index (χ4n) is 1.77. The molecule has 102 valence electrons. The highest BCUT2D eigenvalue weighted by atomic mass is 16.5. The first-order valence-corrected chi connectivity index (χ1v) is 6.52. The van der Waals surface area contributed by atoms with Crippen molar-refractivity contribution < 1.29 is 9.84 Å². The molecule has 2 aromatic heterocycles. The SMILES string of the molecule is CCCOc1cncc(C(O)c2cnn(CC)c2)c1. The number of pyridine rings is 1. The summed E-state index contributed by atoms with van der Waals surface area (Å²) in [5, 5.41) is 14.5. The van der Waals surface area contributed by atoms with Crippen LogP contribution in [0.25, 0.3) is 0 Å². The zero-order valence-electron chi connectivity index (χ0n) is 11.3. The average molecular weight is 261 g/mol. The Morgan fingerprint density at radius 1 is 1.26 bits per heavy atom. The molecule has 0 fully saturated rings. The number of aryl methyl sites for hydroxylation is 1. The second-order valence-corrected chi connectivity index (χ2v) is 4.33. The molecule has 2 aromatic rings. The fourth-order valence-corrected chi connectivity index (χ4v) is 1.77. The molecule has 0 saturated heterocycles. The first kappa shape index (κ1) is 13.5. The Kier molecular flexibility index (Phi) is 4.52. The van der Waals surface area contributed by atoms with E-state index in [0.29, 0.717) is 17.9 Å². The summed E-state index contributed by atoms with van der Waals surface area (Å²) < 4.78 is 7.29. The highest BCUT2D eigenvalue weighted by molar-refractivity contribution is 5.30. The molecule has 0 amide bonds. The maximum absolute atomic E-state index is 10.3. The third kappa shape index (κ3) is 3.32. The second kappa shape index (κ2) is 6.33. The second-order valence-electron chi connectivity index (χ2n) is 4.33. The van der Waals surface area contributed by atoms with Crippen molar-refractivity contribution in [3.05, 3.63) is 42.0 Å². The van der Waals surface area contributed by atoms with Crippen molar-refractivity contribution >= 4 is 0 Å². The van der Waals surface area contributed by atoms with E-state index in [0.717, 1.165) is 18.5 Å². The molecule has 2 heterocycles. The van der Waals surface area contributed by atoms with Gasteiger partial charge in [0.15, 0.2) is 0 Å². The Morgan fingerprint density at radius 2 is 2.11 bits per heavy atom. The number of aliphatic hydroxyl groups excluding tert-OH is 1. The van der Waals surface area contributed by atoms with Gasteiger partial charge in [0.1, 0.15) is 11.9 Å². The Hall–Kier alpha value is -1.88. The van der Waals surface area contributed by atoms with Crippen LogP contribution in [0, 0.1) is 0 Å². The van der Waals surface area contributed by atoms with E-state index in [9.17, 15) is 5.11 Å². The van der Waals surface area contributed by atoms with Gasteiger partial charge in [-0.1, -0.05) is 6.92 Å². The zero-order chi connectivity index (χ0) is 13.7. The van der Waals surface area contributed by atoms with Crippen LogP contribution >= 0.6 is 0 Å². The molecule has 0 aliphatic carbocycles. The number of rotatable bonds is 6. The van der Waals surface area contributed by atoms with Crippen LogP contribution in [0.1, 0.15) is 37.5 Å². The number of aliphatic hydroxyl groups is 1. The summed E-state index contributed by atoms with van der Waals surface area (Å²) in [5.41, 5.74) is 1.47. The monoisotopic (exact) mass is 261 g/mol. The molecule has 1 N–H and O–H groups in total. The molecule has 0 aromatic carbocycles. The quantitative estimate of drug-likeness (QED) is 0.865. The normalized spacial score (nSPS) is 12.4. The lowest BCUT2D eigenvalue weighted by atomic mass is 10.1. The Bertz CT molecular complexity index is 525. The van der Waals surface area contributed by atoms with Gasteiger partial charge in [-0.25, -0.2) is 0 Å². The van der Waals surface area contributed by atoms with Crippen molar-refractivity contribution in [1.29, 1.82) is 0 Å². The third-order valence-corrected chi connectivity index (χ3v) is 2.82. The van der Waals surface area contributed by atoms with Gasteiger partial charge in [-0.15, -0.1) is 0 Å². The smallest absolute Gasteiger partial charge is 0.137 e. The topological polar surface area (TPSA) is 60.2 Å². The number of hydrogen-bond acceptors (Lipinski definition) is 4. The van der Waals surface area contributed by atoms with E-state index in [1.165, 1.54) is 0 Å². The van der Waals surface area contributed by atoms with Crippen LogP contribution in [-0.4, -0.2) is 26.5 Å². The largest absolute Gasteiger partial charge is 0.492 e. The summed E-state index contributed by atoms with van der Waals surface area (Å²) in [7, 11) is 0. The van der Waals surface area contributed by atoms with Crippen LogP contribution in [0.4, 0.5) is 0 Å². The highest BCUT2D eigenvalue weighted by Gasteiger charge is 2.13. The van der Waals surface area contributed by atoms with Crippen LogP contribution in [0.3, 0.4) is 0 Å². The van der Waals surface area contributed by atoms with Gasteiger partial charge >= 0.3 is 0 Å². The Balaban J connectivity index is 2.15. The maximum Gasteiger partial charge on any atom is 0.137 e. The number of ether oxygens (including phenoxy) is 1. The fraction of sp³-hybridized carbons (Fsp3) is 0.429. The molecule has 1 atom stereocenters. The minimum Gasteiger partial charge on any atom is -0.492 e. The van der Waals surface area contributed by atoms with Crippen molar-refractivity contribution in [2.45, 2.75) is 32.9 Å². The number of nitrogens with zero attached hydrogens (tertiary/aromatic N) is 3. The van der Waals surface area contributed by atoms with Crippen LogP contribution in [0.2, 0.25) is 0 Å². The molecule has 0 aliphatic rings. The minimum atomic E-state index is -0.724. The third-order valence-electron chi connectivity index (χ3n) is 2.82. The molecular weight excluding hydrogens is 242 g/mol. The molecule has 0 bridgehead atoms. The van der Waals surface area contributed by atoms with Crippen LogP contribution < -0.4 is 4.74 Å². The van der Waals surface area contributed by atoms with Crippen molar-refractivity contribution in [3.8, 4) is 5.75 Å². The van der Waals surface area contributed by atoms with Crippen molar-refractivity contribution in [2.75, 3.05) is 6.61 Å². The van der Waals surface area contributed by atoms with Gasteiger partial charge in [0.05, 0.1) is 19.0 Å². The van der Waals surface area contributed by atoms with E-state index >= 15 is 0 Å². The van der Waals surface area contributed by atoms with E-state index in [1.807, 2.05) is 26.1 Å². The first-order chi connectivity index (χ1) is 9.24. The summed E-state index contributed by atoms with van der Waals surface area (Å²) in [4.78, 5) is 4.10. The first-order valence-electron chi connectivity index (χ1n) is 6.52. The van der Waals surface area contributed by atoms with Gasteiger partial charge in [-0.2, -0.15) is 5.10 Å². The molecule has 0 aliphatic heterocycles. The lowest BCUT2D eigenvalue weighted by Gasteiger charge is -2.10. The van der Waals surface area contributed by atoms with Crippen molar-refractivity contribution in [3.63, 3.8) is 0 Å². The molecule has 5 heteroatoms. The summed E-state index contributed by atoms with van der Waals surface area (Å²) in [6.07, 6.45) is 7.03. The summed E-state index contributed by atoms with van der Waals surface area (Å²) in [6.45, 7) is 5.48. The van der Waals surface area contributed by atoms with E-state index in [4.69, 9.17) is 4.74 Å². The Labute approximate surface area is 112 Å². The number of hydrogen-bond donors (Lipinski definition) is 1. The van der Waals surface area contributed by atoms with Gasteiger partial charge in [0.2, 0.25) is 0 Å². The van der Waals surface area contributed by atoms with Gasteiger partial charge in [0, 0.05) is 30.1 Å². The molecule has 5 nitrogen and oxygen atoms in total. The molecule has 0 saturated carbocycles. The van der Waals surface area contributed by atoms with E-state index in [-0.39, 0.29) is 0 Å². The summed E-state index contributed by atoms with van der Waals surface area (Å²) >= 11 is 0. The molecule has 19 heavy (non-hydrogen) atoms. The molecule has 2 rings (SSSR count). The predicted molar refractivity (Wildman–Crippen MR) is 72.0 cm³/mol. The van der Waals surface area contributed by atoms with Crippen LogP contribution in [0.5, 0.6) is 5.75 Å². The van der Waals surface area contributed by atoms with Crippen LogP contribution in [-0.2, 0) is 6.54 Å².